The van der Waals surface area contributed by atoms with E-state index in [0.717, 1.165) is 22.4 Å². The van der Waals surface area contributed by atoms with Crippen LogP contribution in [0.2, 0.25) is 0 Å². The Balaban J connectivity index is 1.85. The predicted molar refractivity (Wildman–Crippen MR) is 89.6 cm³/mol. The lowest BCUT2D eigenvalue weighted by atomic mass is 10.0. The second-order valence-electron chi connectivity index (χ2n) is 5.63. The highest BCUT2D eigenvalue weighted by atomic mass is 16.5. The van der Waals surface area contributed by atoms with Crippen LogP contribution in [0.4, 0.5) is 0 Å². The van der Waals surface area contributed by atoms with Crippen molar-refractivity contribution in [1.82, 2.24) is 25.4 Å². The summed E-state index contributed by atoms with van der Waals surface area (Å²) in [5.74, 6) is 1.26. The molecule has 2 aromatic heterocycles. The fourth-order valence-electron chi connectivity index (χ4n) is 2.64. The summed E-state index contributed by atoms with van der Waals surface area (Å²) in [6, 6.07) is 16.0. The highest BCUT2D eigenvalue weighted by Crippen LogP contribution is 2.33. The zero-order valence-electron chi connectivity index (χ0n) is 13.3. The van der Waals surface area contributed by atoms with Crippen LogP contribution in [0.1, 0.15) is 11.1 Å². The Morgan fingerprint density at radius 3 is 2.50 bits per heavy atom. The lowest BCUT2D eigenvalue weighted by Gasteiger charge is -2.06. The van der Waals surface area contributed by atoms with Crippen LogP contribution in [0.25, 0.3) is 28.4 Å². The molecule has 0 radical (unpaired) electrons. The van der Waals surface area contributed by atoms with E-state index in [1.165, 1.54) is 5.56 Å². The molecule has 0 spiro atoms. The van der Waals surface area contributed by atoms with Crippen molar-refractivity contribution in [3.05, 3.63) is 65.9 Å². The Labute approximate surface area is 138 Å². The zero-order chi connectivity index (χ0) is 16.5. The summed E-state index contributed by atoms with van der Waals surface area (Å²) in [6.07, 6.45) is 1.65. The van der Waals surface area contributed by atoms with E-state index >= 15 is 0 Å². The molecule has 0 saturated heterocycles. The molecule has 4 rings (SSSR count). The third-order valence-corrected chi connectivity index (χ3v) is 3.95. The summed E-state index contributed by atoms with van der Waals surface area (Å²) >= 11 is 0. The first kappa shape index (κ1) is 14.3. The smallest absolute Gasteiger partial charge is 0.192 e. The first-order valence-electron chi connectivity index (χ1n) is 7.60. The van der Waals surface area contributed by atoms with Crippen molar-refractivity contribution in [2.75, 3.05) is 0 Å². The van der Waals surface area contributed by atoms with E-state index in [0.29, 0.717) is 11.6 Å². The van der Waals surface area contributed by atoms with Crippen molar-refractivity contribution in [3.8, 4) is 28.4 Å². The van der Waals surface area contributed by atoms with Crippen LogP contribution in [0.15, 0.2) is 59.3 Å². The number of hydrogen-bond acceptors (Lipinski definition) is 5. The van der Waals surface area contributed by atoms with Crippen molar-refractivity contribution < 1.29 is 4.52 Å². The van der Waals surface area contributed by atoms with E-state index in [9.17, 15) is 0 Å². The molecule has 0 amide bonds. The average molecular weight is 317 g/mol. The lowest BCUT2D eigenvalue weighted by Crippen LogP contribution is -2.00. The third kappa shape index (κ3) is 2.38. The van der Waals surface area contributed by atoms with Gasteiger partial charge in [-0.15, -0.1) is 5.10 Å². The Kier molecular flexibility index (Phi) is 3.42. The van der Waals surface area contributed by atoms with Crippen molar-refractivity contribution in [3.63, 3.8) is 0 Å². The SMILES string of the molecule is Cc1ccc(-n2nnnc2-c2cnoc2-c2ccccc2C)cc1. The van der Waals surface area contributed by atoms with Gasteiger partial charge < -0.3 is 4.52 Å². The molecule has 2 heterocycles. The van der Waals surface area contributed by atoms with Crippen molar-refractivity contribution >= 4 is 0 Å². The normalized spacial score (nSPS) is 10.9. The quantitative estimate of drug-likeness (QED) is 0.577. The van der Waals surface area contributed by atoms with Crippen molar-refractivity contribution in [1.29, 1.82) is 0 Å². The number of hydrogen-bond donors (Lipinski definition) is 0. The van der Waals surface area contributed by atoms with Gasteiger partial charge in [0.05, 0.1) is 17.4 Å². The van der Waals surface area contributed by atoms with E-state index in [1.54, 1.807) is 10.9 Å². The fraction of sp³-hybridized carbons (Fsp3) is 0.111. The van der Waals surface area contributed by atoms with Crippen molar-refractivity contribution in [2.24, 2.45) is 0 Å². The molecule has 0 unspecified atom stereocenters. The number of aryl methyl sites for hydroxylation is 2. The van der Waals surface area contributed by atoms with Gasteiger partial charge in [0.2, 0.25) is 0 Å². The highest BCUT2D eigenvalue weighted by molar-refractivity contribution is 5.77. The second kappa shape index (κ2) is 5.73. The molecule has 0 atom stereocenters. The molecule has 4 aromatic rings. The molecule has 0 saturated carbocycles. The number of nitrogens with zero attached hydrogens (tertiary/aromatic N) is 5. The number of tetrazole rings is 1. The Morgan fingerprint density at radius 2 is 1.71 bits per heavy atom. The van der Waals surface area contributed by atoms with Crippen molar-refractivity contribution in [2.45, 2.75) is 13.8 Å². The minimum absolute atomic E-state index is 0.596. The van der Waals surface area contributed by atoms with Crippen LogP contribution in [0.3, 0.4) is 0 Å². The molecule has 0 fully saturated rings. The Morgan fingerprint density at radius 1 is 0.917 bits per heavy atom. The maximum absolute atomic E-state index is 5.51. The molecule has 2 aromatic carbocycles. The molecule has 6 heteroatoms. The van der Waals surface area contributed by atoms with Gasteiger partial charge in [-0.2, -0.15) is 4.68 Å². The average Bonchev–Trinajstić information content (AvgIpc) is 3.24. The maximum Gasteiger partial charge on any atom is 0.192 e. The Hall–Kier alpha value is -3.28. The van der Waals surface area contributed by atoms with E-state index < -0.39 is 0 Å². The summed E-state index contributed by atoms with van der Waals surface area (Å²) in [5.41, 5.74) is 4.90. The summed E-state index contributed by atoms with van der Waals surface area (Å²) < 4.78 is 7.19. The molecule has 0 aliphatic rings. The minimum Gasteiger partial charge on any atom is -0.355 e. The fourth-order valence-corrected chi connectivity index (χ4v) is 2.64. The van der Waals surface area contributed by atoms with Crippen LogP contribution >= 0.6 is 0 Å². The zero-order valence-corrected chi connectivity index (χ0v) is 13.3. The van der Waals surface area contributed by atoms with Crippen LogP contribution in [-0.4, -0.2) is 25.4 Å². The van der Waals surface area contributed by atoms with Gasteiger partial charge in [-0.25, -0.2) is 0 Å². The molecule has 24 heavy (non-hydrogen) atoms. The topological polar surface area (TPSA) is 69.6 Å². The summed E-state index contributed by atoms with van der Waals surface area (Å²) in [4.78, 5) is 0. The molecule has 0 bridgehead atoms. The van der Waals surface area contributed by atoms with Gasteiger partial charge in [0.1, 0.15) is 0 Å². The standard InChI is InChI=1S/C18H15N5O/c1-12-7-9-14(10-8-12)23-18(20-21-22-23)16-11-19-24-17(16)15-6-4-3-5-13(15)2/h3-11H,1-2H3. The molecule has 118 valence electrons. The third-order valence-electron chi connectivity index (χ3n) is 3.95. The minimum atomic E-state index is 0.596. The molecule has 0 aliphatic carbocycles. The van der Waals surface area contributed by atoms with Gasteiger partial charge in [-0.3, -0.25) is 0 Å². The summed E-state index contributed by atoms with van der Waals surface area (Å²) in [5, 5.41) is 16.1. The molecular weight excluding hydrogens is 302 g/mol. The molecular formula is C18H15N5O. The highest BCUT2D eigenvalue weighted by Gasteiger charge is 2.20. The van der Waals surface area contributed by atoms with Crippen LogP contribution in [-0.2, 0) is 0 Å². The van der Waals surface area contributed by atoms with Gasteiger partial charge in [0.15, 0.2) is 11.6 Å². The van der Waals surface area contributed by atoms with E-state index in [4.69, 9.17) is 4.52 Å². The van der Waals surface area contributed by atoms with Gasteiger partial charge in [-0.1, -0.05) is 47.1 Å². The largest absolute Gasteiger partial charge is 0.355 e. The number of rotatable bonds is 3. The van der Waals surface area contributed by atoms with Crippen LogP contribution in [0.5, 0.6) is 0 Å². The Bertz CT molecular complexity index is 985. The monoisotopic (exact) mass is 317 g/mol. The van der Waals surface area contributed by atoms with Gasteiger partial charge in [0, 0.05) is 5.56 Å². The van der Waals surface area contributed by atoms with Gasteiger partial charge in [0.25, 0.3) is 0 Å². The molecule has 0 N–H and O–H groups in total. The number of aromatic nitrogens is 5. The lowest BCUT2D eigenvalue weighted by molar-refractivity contribution is 0.432. The molecule has 0 aliphatic heterocycles. The van der Waals surface area contributed by atoms with Crippen LogP contribution < -0.4 is 0 Å². The first-order chi connectivity index (χ1) is 11.7. The van der Waals surface area contributed by atoms with Gasteiger partial charge >= 0.3 is 0 Å². The summed E-state index contributed by atoms with van der Waals surface area (Å²) in [7, 11) is 0. The summed E-state index contributed by atoms with van der Waals surface area (Å²) in [6.45, 7) is 4.07. The van der Waals surface area contributed by atoms with Crippen LogP contribution in [0, 0.1) is 13.8 Å². The van der Waals surface area contributed by atoms with Gasteiger partial charge in [-0.05, 0) is 42.0 Å². The van der Waals surface area contributed by atoms with E-state index in [-0.39, 0.29) is 0 Å². The maximum atomic E-state index is 5.51. The predicted octanol–water partition coefficient (Wildman–Crippen LogP) is 3.60. The second-order valence-corrected chi connectivity index (χ2v) is 5.63. The number of benzene rings is 2. The molecule has 6 nitrogen and oxygen atoms in total. The van der Waals surface area contributed by atoms with E-state index in [2.05, 4.69) is 20.7 Å². The van der Waals surface area contributed by atoms with E-state index in [1.807, 2.05) is 62.4 Å². The first-order valence-corrected chi connectivity index (χ1v) is 7.60.